The minimum absolute atomic E-state index is 0.203. The lowest BCUT2D eigenvalue weighted by Crippen LogP contribution is -2.40. The summed E-state index contributed by atoms with van der Waals surface area (Å²) in [6.07, 6.45) is 0.963. The Balaban J connectivity index is 1.42. The highest BCUT2D eigenvalue weighted by atomic mass is 16.5. The molecule has 1 aromatic heterocycles. The number of carbonyl (C=O) groups is 2. The number of carbonyl (C=O) groups excluding carboxylic acids is 1. The number of aromatic amines is 1. The van der Waals surface area contributed by atoms with Crippen LogP contribution in [0.3, 0.4) is 0 Å². The van der Waals surface area contributed by atoms with Crippen LogP contribution in [0.4, 0.5) is 4.79 Å². The van der Waals surface area contributed by atoms with Gasteiger partial charge in [-0.3, -0.25) is 4.79 Å². The maximum Gasteiger partial charge on any atom is 0.407 e. The molecular formula is C21H22N4O4. The summed E-state index contributed by atoms with van der Waals surface area (Å²) < 4.78 is 5.86. The molecule has 1 fully saturated rings. The van der Waals surface area contributed by atoms with Gasteiger partial charge < -0.3 is 25.5 Å². The number of H-pyrrole nitrogens is 1. The van der Waals surface area contributed by atoms with Gasteiger partial charge in [0.25, 0.3) is 0 Å². The van der Waals surface area contributed by atoms with Crippen molar-refractivity contribution in [3.63, 3.8) is 0 Å². The van der Waals surface area contributed by atoms with Crippen LogP contribution in [0.15, 0.2) is 42.5 Å². The van der Waals surface area contributed by atoms with Gasteiger partial charge in [-0.2, -0.15) is 0 Å². The van der Waals surface area contributed by atoms with Gasteiger partial charge in [0.2, 0.25) is 5.91 Å². The number of piperidine rings is 1. The molecule has 1 aliphatic heterocycles. The maximum atomic E-state index is 11.3. The van der Waals surface area contributed by atoms with E-state index >= 15 is 0 Å². The van der Waals surface area contributed by atoms with E-state index in [2.05, 4.69) is 9.97 Å². The number of carboxylic acid groups (broad SMARTS) is 1. The highest BCUT2D eigenvalue weighted by Gasteiger charge is 2.23. The van der Waals surface area contributed by atoms with Gasteiger partial charge in [0.05, 0.1) is 17.6 Å². The fourth-order valence-electron chi connectivity index (χ4n) is 3.59. The Labute approximate surface area is 167 Å². The van der Waals surface area contributed by atoms with Crippen molar-refractivity contribution in [2.45, 2.75) is 12.8 Å². The van der Waals surface area contributed by atoms with E-state index in [1.54, 1.807) is 18.2 Å². The minimum atomic E-state index is -0.868. The number of ether oxygens (including phenoxy) is 1. The van der Waals surface area contributed by atoms with E-state index in [-0.39, 0.29) is 5.92 Å². The van der Waals surface area contributed by atoms with E-state index in [0.717, 1.165) is 29.7 Å². The van der Waals surface area contributed by atoms with E-state index in [1.807, 2.05) is 24.3 Å². The lowest BCUT2D eigenvalue weighted by molar-refractivity contribution is 0.0999. The topological polar surface area (TPSA) is 122 Å². The summed E-state index contributed by atoms with van der Waals surface area (Å²) in [5.74, 6) is 1.14. The SMILES string of the molecule is NC(=O)c1ccc2[nH]c(-c3ccc(OCC4CCCN(C(=O)O)C4)cc3)nc2c1. The highest BCUT2D eigenvalue weighted by Crippen LogP contribution is 2.24. The van der Waals surface area contributed by atoms with Crippen LogP contribution < -0.4 is 10.5 Å². The maximum absolute atomic E-state index is 11.3. The van der Waals surface area contributed by atoms with Gasteiger partial charge in [0, 0.05) is 30.1 Å². The number of benzene rings is 2. The molecule has 1 saturated heterocycles. The average Bonchev–Trinajstić information content (AvgIpc) is 3.16. The van der Waals surface area contributed by atoms with Crippen molar-refractivity contribution in [2.24, 2.45) is 11.7 Å². The van der Waals surface area contributed by atoms with Crippen LogP contribution in [0.5, 0.6) is 5.75 Å². The smallest absolute Gasteiger partial charge is 0.407 e. The van der Waals surface area contributed by atoms with Crippen molar-refractivity contribution in [1.82, 2.24) is 14.9 Å². The van der Waals surface area contributed by atoms with Crippen molar-refractivity contribution in [3.8, 4) is 17.1 Å². The van der Waals surface area contributed by atoms with Gasteiger partial charge in [-0.15, -0.1) is 0 Å². The Kier molecular flexibility index (Phi) is 5.07. The minimum Gasteiger partial charge on any atom is -0.493 e. The molecular weight excluding hydrogens is 372 g/mol. The molecule has 0 saturated carbocycles. The zero-order chi connectivity index (χ0) is 20.4. The molecule has 0 spiro atoms. The third-order valence-corrected chi connectivity index (χ3v) is 5.17. The third-order valence-electron chi connectivity index (χ3n) is 5.17. The van der Waals surface area contributed by atoms with Crippen LogP contribution >= 0.6 is 0 Å². The number of hydrogen-bond donors (Lipinski definition) is 3. The number of fused-ring (bicyclic) bond motifs is 1. The molecule has 1 atom stereocenters. The summed E-state index contributed by atoms with van der Waals surface area (Å²) in [5, 5.41) is 9.13. The second kappa shape index (κ2) is 7.83. The van der Waals surface area contributed by atoms with Gasteiger partial charge in [-0.1, -0.05) is 0 Å². The normalized spacial score (nSPS) is 16.7. The zero-order valence-corrected chi connectivity index (χ0v) is 15.8. The number of nitrogens with two attached hydrogens (primary N) is 1. The molecule has 0 aliphatic carbocycles. The molecule has 1 aliphatic rings. The van der Waals surface area contributed by atoms with Gasteiger partial charge in [0.1, 0.15) is 11.6 Å². The molecule has 2 amide bonds. The van der Waals surface area contributed by atoms with Crippen molar-refractivity contribution in [1.29, 1.82) is 0 Å². The van der Waals surface area contributed by atoms with E-state index in [9.17, 15) is 9.59 Å². The predicted molar refractivity (Wildman–Crippen MR) is 108 cm³/mol. The quantitative estimate of drug-likeness (QED) is 0.614. The zero-order valence-electron chi connectivity index (χ0n) is 15.8. The van der Waals surface area contributed by atoms with Gasteiger partial charge >= 0.3 is 6.09 Å². The summed E-state index contributed by atoms with van der Waals surface area (Å²) in [5.41, 5.74) is 8.14. The van der Waals surface area contributed by atoms with Crippen molar-refractivity contribution >= 4 is 23.0 Å². The number of rotatable bonds is 5. The molecule has 0 radical (unpaired) electrons. The molecule has 1 unspecified atom stereocenters. The molecule has 29 heavy (non-hydrogen) atoms. The Morgan fingerprint density at radius 2 is 2.03 bits per heavy atom. The average molecular weight is 394 g/mol. The Hall–Kier alpha value is -3.55. The molecule has 0 bridgehead atoms. The van der Waals surface area contributed by atoms with E-state index in [1.165, 1.54) is 4.90 Å². The molecule has 2 aromatic carbocycles. The predicted octanol–water partition coefficient (Wildman–Crippen LogP) is 3.10. The summed E-state index contributed by atoms with van der Waals surface area (Å²) in [6.45, 7) is 1.60. The molecule has 4 rings (SSSR count). The number of imidazole rings is 1. The second-order valence-corrected chi connectivity index (χ2v) is 7.25. The number of primary amides is 1. The van der Waals surface area contributed by atoms with Gasteiger partial charge in [-0.25, -0.2) is 9.78 Å². The largest absolute Gasteiger partial charge is 0.493 e. The van der Waals surface area contributed by atoms with E-state index in [0.29, 0.717) is 36.6 Å². The Morgan fingerprint density at radius 1 is 1.24 bits per heavy atom. The molecule has 3 aromatic rings. The number of hydrogen-bond acceptors (Lipinski definition) is 4. The fraction of sp³-hybridized carbons (Fsp3) is 0.286. The third kappa shape index (κ3) is 4.16. The first-order chi connectivity index (χ1) is 14.0. The molecule has 8 heteroatoms. The second-order valence-electron chi connectivity index (χ2n) is 7.25. The van der Waals surface area contributed by atoms with Crippen molar-refractivity contribution < 1.29 is 19.4 Å². The lowest BCUT2D eigenvalue weighted by Gasteiger charge is -2.30. The summed E-state index contributed by atoms with van der Waals surface area (Å²) >= 11 is 0. The monoisotopic (exact) mass is 394 g/mol. The van der Waals surface area contributed by atoms with Crippen LogP contribution in [-0.4, -0.2) is 51.7 Å². The first kappa shape index (κ1) is 18.8. The van der Waals surface area contributed by atoms with Crippen molar-refractivity contribution in [2.75, 3.05) is 19.7 Å². The number of aromatic nitrogens is 2. The van der Waals surface area contributed by atoms with E-state index in [4.69, 9.17) is 15.6 Å². The van der Waals surface area contributed by atoms with Crippen LogP contribution in [0.2, 0.25) is 0 Å². The number of amides is 2. The van der Waals surface area contributed by atoms with Crippen LogP contribution in [0.1, 0.15) is 23.2 Å². The standard InChI is InChI=1S/C21H22N4O4/c22-19(26)15-5-8-17-18(10-15)24-20(23-17)14-3-6-16(7-4-14)29-12-13-2-1-9-25(11-13)21(27)28/h3-8,10,13H,1-2,9,11-12H2,(H2,22,26)(H,23,24)(H,27,28). The Bertz CT molecular complexity index is 1040. The number of nitrogens with one attached hydrogen (secondary N) is 1. The first-order valence-electron chi connectivity index (χ1n) is 9.50. The molecule has 8 nitrogen and oxygen atoms in total. The summed E-state index contributed by atoms with van der Waals surface area (Å²) in [7, 11) is 0. The lowest BCUT2D eigenvalue weighted by atomic mass is 9.99. The summed E-state index contributed by atoms with van der Waals surface area (Å²) in [6, 6.07) is 12.7. The number of nitrogens with zero attached hydrogens (tertiary/aromatic N) is 2. The van der Waals surface area contributed by atoms with Gasteiger partial charge in [-0.05, 0) is 55.3 Å². The van der Waals surface area contributed by atoms with Crippen molar-refractivity contribution in [3.05, 3.63) is 48.0 Å². The van der Waals surface area contributed by atoms with Crippen LogP contribution in [0, 0.1) is 5.92 Å². The molecule has 4 N–H and O–H groups in total. The highest BCUT2D eigenvalue weighted by molar-refractivity contribution is 5.96. The van der Waals surface area contributed by atoms with Crippen LogP contribution in [-0.2, 0) is 0 Å². The fourth-order valence-corrected chi connectivity index (χ4v) is 3.59. The summed E-state index contributed by atoms with van der Waals surface area (Å²) in [4.78, 5) is 31.7. The van der Waals surface area contributed by atoms with Crippen LogP contribution in [0.25, 0.3) is 22.4 Å². The number of likely N-dealkylation sites (tertiary alicyclic amines) is 1. The van der Waals surface area contributed by atoms with E-state index < -0.39 is 12.0 Å². The first-order valence-corrected chi connectivity index (χ1v) is 9.50. The Morgan fingerprint density at radius 3 is 2.76 bits per heavy atom. The van der Waals surface area contributed by atoms with Gasteiger partial charge in [0.15, 0.2) is 0 Å². The molecule has 150 valence electrons. The molecule has 2 heterocycles.